The Morgan fingerprint density at radius 1 is 1.40 bits per heavy atom. The zero-order valence-corrected chi connectivity index (χ0v) is 10.3. The Morgan fingerprint density at radius 3 is 2.60 bits per heavy atom. The lowest BCUT2D eigenvalue weighted by Crippen LogP contribution is -2.08. The minimum absolute atomic E-state index is 0.161. The number of halogens is 3. The lowest BCUT2D eigenvalue weighted by atomic mass is 10.1. The van der Waals surface area contributed by atoms with E-state index >= 15 is 0 Å². The molecule has 0 fully saturated rings. The molecule has 2 nitrogen and oxygen atoms in total. The first-order valence-electron chi connectivity index (χ1n) is 4.31. The third-order valence-electron chi connectivity index (χ3n) is 1.76. The van der Waals surface area contributed by atoms with Crippen molar-refractivity contribution in [3.05, 3.63) is 33.3 Å². The van der Waals surface area contributed by atoms with E-state index in [0.29, 0.717) is 17.2 Å². The highest BCUT2D eigenvalue weighted by molar-refractivity contribution is 6.37. The average Bonchev–Trinajstić information content (AvgIpc) is 2.16. The van der Waals surface area contributed by atoms with Crippen molar-refractivity contribution in [2.45, 2.75) is 12.8 Å². The van der Waals surface area contributed by atoms with Crippen LogP contribution in [0.4, 0.5) is 0 Å². The maximum absolute atomic E-state index is 11.5. The number of carbonyl (C=O) groups is 1. The number of rotatable bonds is 3. The van der Waals surface area contributed by atoms with Gasteiger partial charge in [-0.1, -0.05) is 23.2 Å². The third-order valence-corrected chi connectivity index (χ3v) is 2.56. The van der Waals surface area contributed by atoms with Crippen LogP contribution in [0.2, 0.25) is 10.0 Å². The fourth-order valence-corrected chi connectivity index (χ4v) is 1.99. The van der Waals surface area contributed by atoms with Gasteiger partial charge in [-0.2, -0.15) is 0 Å². The molecule has 1 aromatic carbocycles. The van der Waals surface area contributed by atoms with Gasteiger partial charge in [0, 0.05) is 10.9 Å². The number of ether oxygens (including phenoxy) is 1. The molecule has 0 heterocycles. The molecule has 0 aliphatic heterocycles. The molecule has 5 heteroatoms. The van der Waals surface area contributed by atoms with Gasteiger partial charge in [0.25, 0.3) is 0 Å². The normalized spacial score (nSPS) is 10.1. The van der Waals surface area contributed by atoms with Crippen LogP contribution in [0.15, 0.2) is 12.1 Å². The van der Waals surface area contributed by atoms with E-state index in [4.69, 9.17) is 39.5 Å². The van der Waals surface area contributed by atoms with Gasteiger partial charge >= 0.3 is 5.97 Å². The van der Waals surface area contributed by atoms with E-state index < -0.39 is 5.97 Å². The number of alkyl halides is 1. The number of hydrogen-bond donors (Lipinski definition) is 0. The first kappa shape index (κ1) is 12.6. The quantitative estimate of drug-likeness (QED) is 0.613. The molecule has 1 aromatic rings. The van der Waals surface area contributed by atoms with Gasteiger partial charge in [0.2, 0.25) is 0 Å². The lowest BCUT2D eigenvalue weighted by molar-refractivity contribution is 0.0525. The van der Waals surface area contributed by atoms with Crippen LogP contribution in [0.5, 0.6) is 0 Å². The van der Waals surface area contributed by atoms with Crippen LogP contribution in [0.3, 0.4) is 0 Å². The van der Waals surface area contributed by atoms with Crippen LogP contribution < -0.4 is 0 Å². The summed E-state index contributed by atoms with van der Waals surface area (Å²) in [5.41, 5.74) is 0.866. The lowest BCUT2D eigenvalue weighted by Gasteiger charge is -2.09. The SMILES string of the molecule is CCOC(=O)c1c(Cl)cc(Cl)cc1CCl. The minimum Gasteiger partial charge on any atom is -0.462 e. The van der Waals surface area contributed by atoms with E-state index in [1.807, 2.05) is 0 Å². The van der Waals surface area contributed by atoms with E-state index in [1.54, 1.807) is 13.0 Å². The Balaban J connectivity index is 3.20. The minimum atomic E-state index is -0.477. The Hall–Kier alpha value is -0.440. The zero-order valence-electron chi connectivity index (χ0n) is 8.02. The number of hydrogen-bond acceptors (Lipinski definition) is 2. The number of carbonyl (C=O) groups excluding carboxylic acids is 1. The van der Waals surface area contributed by atoms with Crippen molar-refractivity contribution in [3.8, 4) is 0 Å². The highest BCUT2D eigenvalue weighted by atomic mass is 35.5. The van der Waals surface area contributed by atoms with Gasteiger partial charge in [0.1, 0.15) is 0 Å². The summed E-state index contributed by atoms with van der Waals surface area (Å²) < 4.78 is 4.87. The highest BCUT2D eigenvalue weighted by Crippen LogP contribution is 2.27. The first-order valence-corrected chi connectivity index (χ1v) is 5.60. The topological polar surface area (TPSA) is 26.3 Å². The summed E-state index contributed by atoms with van der Waals surface area (Å²) in [6.45, 7) is 2.02. The molecule has 0 spiro atoms. The molecule has 1 rings (SSSR count). The molecule has 82 valence electrons. The summed E-state index contributed by atoms with van der Waals surface area (Å²) in [6.07, 6.45) is 0. The largest absolute Gasteiger partial charge is 0.462 e. The predicted molar refractivity (Wildman–Crippen MR) is 62.0 cm³/mol. The summed E-state index contributed by atoms with van der Waals surface area (Å²) in [6, 6.07) is 3.10. The van der Waals surface area contributed by atoms with Crippen LogP contribution in [0.1, 0.15) is 22.8 Å². The van der Waals surface area contributed by atoms with Gasteiger partial charge in [-0.15, -0.1) is 11.6 Å². The molecular formula is C10H9Cl3O2. The van der Waals surface area contributed by atoms with Crippen LogP contribution in [0.25, 0.3) is 0 Å². The molecule has 0 radical (unpaired) electrons. The van der Waals surface area contributed by atoms with E-state index in [1.165, 1.54) is 6.07 Å². The molecule has 0 aliphatic carbocycles. The summed E-state index contributed by atoms with van der Waals surface area (Å²) in [5, 5.41) is 0.709. The van der Waals surface area contributed by atoms with E-state index in [2.05, 4.69) is 0 Å². The summed E-state index contributed by atoms with van der Waals surface area (Å²) in [5.74, 6) is -0.316. The summed E-state index contributed by atoms with van der Waals surface area (Å²) in [7, 11) is 0. The van der Waals surface area contributed by atoms with Gasteiger partial charge in [-0.3, -0.25) is 0 Å². The molecule has 0 N–H and O–H groups in total. The van der Waals surface area contributed by atoms with Crippen LogP contribution >= 0.6 is 34.8 Å². The van der Waals surface area contributed by atoms with Crippen molar-refractivity contribution in [2.24, 2.45) is 0 Å². The Kier molecular flexibility index (Phi) is 4.71. The Bertz CT molecular complexity index is 377. The molecule has 0 aliphatic rings. The fraction of sp³-hybridized carbons (Fsp3) is 0.300. The zero-order chi connectivity index (χ0) is 11.4. The highest BCUT2D eigenvalue weighted by Gasteiger charge is 2.17. The van der Waals surface area contributed by atoms with Crippen molar-refractivity contribution in [2.75, 3.05) is 6.61 Å². The van der Waals surface area contributed by atoms with Crippen molar-refractivity contribution in [3.63, 3.8) is 0 Å². The smallest absolute Gasteiger partial charge is 0.339 e. The van der Waals surface area contributed by atoms with Crippen molar-refractivity contribution < 1.29 is 9.53 Å². The molecular weight excluding hydrogens is 258 g/mol. The van der Waals surface area contributed by atoms with E-state index in [0.717, 1.165) is 0 Å². The fourth-order valence-electron chi connectivity index (χ4n) is 1.16. The second kappa shape index (κ2) is 5.59. The molecule has 15 heavy (non-hydrogen) atoms. The second-order valence-corrected chi connectivity index (χ2v) is 3.89. The van der Waals surface area contributed by atoms with Gasteiger partial charge in [-0.05, 0) is 24.6 Å². The van der Waals surface area contributed by atoms with Crippen LogP contribution in [-0.4, -0.2) is 12.6 Å². The third kappa shape index (κ3) is 3.00. The summed E-state index contributed by atoms with van der Waals surface area (Å²) in [4.78, 5) is 11.5. The molecule has 0 saturated heterocycles. The molecule has 0 unspecified atom stereocenters. The van der Waals surface area contributed by atoms with Gasteiger partial charge < -0.3 is 4.74 Å². The van der Waals surface area contributed by atoms with E-state index in [-0.39, 0.29) is 16.5 Å². The molecule has 0 saturated carbocycles. The van der Waals surface area contributed by atoms with Crippen LogP contribution in [-0.2, 0) is 10.6 Å². The maximum Gasteiger partial charge on any atom is 0.339 e. The molecule has 0 amide bonds. The Morgan fingerprint density at radius 2 is 2.07 bits per heavy atom. The van der Waals surface area contributed by atoms with Gasteiger partial charge in [0.05, 0.1) is 17.2 Å². The van der Waals surface area contributed by atoms with Crippen molar-refractivity contribution in [1.29, 1.82) is 0 Å². The first-order chi connectivity index (χ1) is 7.10. The molecule has 0 atom stereocenters. The van der Waals surface area contributed by atoms with Crippen molar-refractivity contribution >= 4 is 40.8 Å². The van der Waals surface area contributed by atoms with Gasteiger partial charge in [0.15, 0.2) is 0 Å². The van der Waals surface area contributed by atoms with Gasteiger partial charge in [-0.25, -0.2) is 4.79 Å². The number of esters is 1. The number of benzene rings is 1. The molecule has 0 bridgehead atoms. The monoisotopic (exact) mass is 266 g/mol. The van der Waals surface area contributed by atoms with E-state index in [9.17, 15) is 4.79 Å². The van der Waals surface area contributed by atoms with Crippen molar-refractivity contribution in [1.82, 2.24) is 0 Å². The second-order valence-electron chi connectivity index (χ2n) is 2.78. The summed E-state index contributed by atoms with van der Waals surface area (Å²) >= 11 is 17.4. The standard InChI is InChI=1S/C10H9Cl3O2/c1-2-15-10(14)9-6(5-11)3-7(12)4-8(9)13/h3-4H,2,5H2,1H3. The maximum atomic E-state index is 11.5. The van der Waals surface area contributed by atoms with Crippen LogP contribution in [0, 0.1) is 0 Å². The Labute approximate surface area is 103 Å². The predicted octanol–water partition coefficient (Wildman–Crippen LogP) is 3.91. The molecule has 0 aromatic heterocycles. The average molecular weight is 268 g/mol.